The molecule has 5 aliphatic rings. The van der Waals surface area contributed by atoms with Crippen molar-refractivity contribution in [2.24, 2.45) is 17.6 Å². The Morgan fingerprint density at radius 2 is 1.88 bits per heavy atom. The van der Waals surface area contributed by atoms with E-state index in [4.69, 9.17) is 10.7 Å². The van der Waals surface area contributed by atoms with Gasteiger partial charge in [-0.25, -0.2) is 4.98 Å². The summed E-state index contributed by atoms with van der Waals surface area (Å²) < 4.78 is 3.77. The predicted molar refractivity (Wildman–Crippen MR) is 149 cm³/mol. The highest BCUT2D eigenvalue weighted by atomic mass is 35.5. The number of aliphatic hydroxyl groups is 1. The summed E-state index contributed by atoms with van der Waals surface area (Å²) in [5, 5.41) is 22.1. The minimum Gasteiger partial charge on any atom is -1.00 e. The molecule has 2 bridgehead atoms. The number of fused-ring (bicyclic) bond motifs is 5. The molecule has 6 heterocycles. The van der Waals surface area contributed by atoms with Gasteiger partial charge in [-0.15, -0.1) is 11.3 Å². The number of piperazine rings is 3. The number of aliphatic hydroxyl groups excluding tert-OH is 1. The second kappa shape index (κ2) is 11.1. The quantitative estimate of drug-likeness (QED) is 0.217. The number of hydrogen-bond donors (Lipinski definition) is 2. The van der Waals surface area contributed by atoms with E-state index in [-0.39, 0.29) is 41.9 Å². The average Bonchev–Trinajstić information content (AvgIpc) is 3.40. The van der Waals surface area contributed by atoms with E-state index >= 15 is 0 Å². The van der Waals surface area contributed by atoms with E-state index in [2.05, 4.69) is 18.2 Å². The molecule has 222 valence electrons. The second-order valence-corrected chi connectivity index (χ2v) is 14.4. The van der Waals surface area contributed by atoms with E-state index in [1.807, 2.05) is 6.92 Å². The molecule has 0 unspecified atom stereocenters. The van der Waals surface area contributed by atoms with E-state index in [0.717, 1.165) is 82.2 Å². The van der Waals surface area contributed by atoms with E-state index in [1.54, 1.807) is 6.92 Å². The van der Waals surface area contributed by atoms with Gasteiger partial charge in [-0.3, -0.25) is 9.59 Å². The Morgan fingerprint density at radius 3 is 2.49 bits per heavy atom. The molecule has 10 nitrogen and oxygen atoms in total. The van der Waals surface area contributed by atoms with E-state index in [0.29, 0.717) is 11.4 Å². The summed E-state index contributed by atoms with van der Waals surface area (Å²) >= 11 is 2.81. The summed E-state index contributed by atoms with van der Waals surface area (Å²) in [5.74, 6) is -2.75. The van der Waals surface area contributed by atoms with Crippen molar-refractivity contribution in [3.8, 4) is 0 Å². The Morgan fingerprint density at radius 1 is 1.22 bits per heavy atom. The lowest BCUT2D eigenvalue weighted by Crippen LogP contribution is -3.00. The molecule has 1 aromatic heterocycles. The third-order valence-corrected chi connectivity index (χ3v) is 12.0. The number of carboxylic acid groups (broad SMARTS) is 1. The maximum atomic E-state index is 12.6. The van der Waals surface area contributed by atoms with E-state index in [1.165, 1.54) is 33.6 Å². The summed E-state index contributed by atoms with van der Waals surface area (Å²) in [6.45, 7) is 11.5. The summed E-state index contributed by atoms with van der Waals surface area (Å²) in [6, 6.07) is 6.00. The fourth-order valence-electron chi connectivity index (χ4n) is 7.36. The van der Waals surface area contributed by atoms with Crippen molar-refractivity contribution in [1.82, 2.24) is 9.88 Å². The number of nitrogens with zero attached hydrogens (tertiary/aromatic N) is 4. The van der Waals surface area contributed by atoms with Gasteiger partial charge in [0.15, 0.2) is 10.9 Å². The number of aromatic nitrogens is 1. The molecule has 2 aromatic rings. The van der Waals surface area contributed by atoms with Crippen molar-refractivity contribution in [3.05, 3.63) is 34.4 Å². The van der Waals surface area contributed by atoms with E-state index < -0.39 is 18.0 Å². The van der Waals surface area contributed by atoms with Gasteiger partial charge in [0.2, 0.25) is 5.91 Å². The number of thioether (sulfide) groups is 1. The number of halogens is 1. The summed E-state index contributed by atoms with van der Waals surface area (Å²) in [5.41, 5.74) is 7.54. The number of carbonyl (C=O) groups is 3. The van der Waals surface area contributed by atoms with Gasteiger partial charge in [0.05, 0.1) is 46.5 Å². The van der Waals surface area contributed by atoms with Crippen LogP contribution in [0.3, 0.4) is 0 Å². The van der Waals surface area contributed by atoms with Crippen LogP contribution in [0, 0.1) is 11.8 Å². The number of nitrogens with two attached hydrogens (primary N) is 1. The number of amides is 2. The Bertz CT molecular complexity index is 1400. The van der Waals surface area contributed by atoms with Crippen molar-refractivity contribution < 1.29 is 46.0 Å². The fourth-order valence-corrected chi connectivity index (χ4v) is 9.68. The largest absolute Gasteiger partial charge is 1.00 e. The highest BCUT2D eigenvalue weighted by Gasteiger charge is 2.59. The van der Waals surface area contributed by atoms with Gasteiger partial charge in [0, 0.05) is 17.2 Å². The number of aryl methyl sites for hydroxylation is 1. The normalized spacial score (nSPS) is 31.1. The first-order valence-corrected chi connectivity index (χ1v) is 15.7. The SMILES string of the molecule is C[C@@H](O)[C@H]1C(=O)N2C(C(=O)[O-])=C(Sc3nc4cc(CCC[N+]56CC[N+](CC(N)=O)(CC5)CC6)ccc4s3)[C@H](C)[C@H]12.[Cl-]. The predicted octanol–water partition coefficient (Wildman–Crippen LogP) is -2.71. The number of aliphatic carboxylic acids is 1. The fraction of sp³-hybridized carbons (Fsp3) is 0.571. The number of hydrogen-bond acceptors (Lipinski definition) is 8. The number of rotatable bonds is 10. The minimum absolute atomic E-state index is 0. The van der Waals surface area contributed by atoms with E-state index in [9.17, 15) is 24.6 Å². The zero-order valence-electron chi connectivity index (χ0n) is 23.3. The Balaban J connectivity index is 0.00000337. The van der Waals surface area contributed by atoms with Crippen LogP contribution in [0.4, 0.5) is 0 Å². The zero-order chi connectivity index (χ0) is 28.4. The lowest BCUT2D eigenvalue weighted by molar-refractivity contribution is -1.08. The van der Waals surface area contributed by atoms with Crippen LogP contribution < -0.4 is 23.2 Å². The highest BCUT2D eigenvalue weighted by Crippen LogP contribution is 2.52. The van der Waals surface area contributed by atoms with Crippen LogP contribution in [0.25, 0.3) is 10.2 Å². The Hall–Kier alpha value is -2.22. The second-order valence-electron chi connectivity index (χ2n) is 12.1. The third-order valence-electron chi connectivity index (χ3n) is 9.67. The number of thiazole rings is 1. The molecule has 0 spiro atoms. The van der Waals surface area contributed by atoms with Crippen LogP contribution in [-0.2, 0) is 20.8 Å². The van der Waals surface area contributed by atoms with Crippen molar-refractivity contribution in [3.63, 3.8) is 0 Å². The summed E-state index contributed by atoms with van der Waals surface area (Å²) in [7, 11) is 0. The smallest absolute Gasteiger partial charge is 0.272 e. The van der Waals surface area contributed by atoms with Crippen molar-refractivity contribution in [2.75, 3.05) is 52.4 Å². The molecular formula is C28H36ClN5O5S2. The molecule has 2 amide bonds. The highest BCUT2D eigenvalue weighted by molar-refractivity contribution is 8.04. The molecule has 0 saturated carbocycles. The van der Waals surface area contributed by atoms with Crippen LogP contribution in [0.2, 0.25) is 0 Å². The van der Waals surface area contributed by atoms with Crippen LogP contribution >= 0.6 is 23.1 Å². The van der Waals surface area contributed by atoms with Crippen LogP contribution in [0.1, 0.15) is 25.8 Å². The molecular weight excluding hydrogens is 586 g/mol. The molecule has 41 heavy (non-hydrogen) atoms. The average molecular weight is 622 g/mol. The molecule has 3 N–H and O–H groups in total. The van der Waals surface area contributed by atoms with Gasteiger partial charge >= 0.3 is 0 Å². The zero-order valence-corrected chi connectivity index (χ0v) is 25.6. The number of primary amides is 1. The van der Waals surface area contributed by atoms with Crippen molar-refractivity contribution in [1.29, 1.82) is 0 Å². The Labute approximate surface area is 253 Å². The van der Waals surface area contributed by atoms with Gasteiger partial charge in [0.25, 0.3) is 5.91 Å². The number of quaternary nitrogens is 2. The maximum Gasteiger partial charge on any atom is 0.272 e. The standard InChI is InChI=1S/C28H35N5O5S2.ClH/c1-16-23-22(17(2)34)26(36)31(23)24(27(37)38)25(16)40-28-30-19-14-18(5-6-20(19)39-28)4-3-7-32-8-11-33(12-9-32,13-10-32)15-21(29)35;/h5-6,14,16-17,22-23,34H,3-4,7-13,15H2,1-2H3,(H-2,29,35,37,38);1H/t16-,17-,22-,23-,32?,33?;/m1./s1. The lowest BCUT2D eigenvalue weighted by atomic mass is 9.79. The molecule has 1 aromatic carbocycles. The number of β-lactam (4-membered cyclic amide) rings is 1. The monoisotopic (exact) mass is 621 g/mol. The molecule has 0 radical (unpaired) electrons. The van der Waals surface area contributed by atoms with Gasteiger partial charge in [0.1, 0.15) is 39.3 Å². The molecule has 4 atom stereocenters. The Kier molecular flexibility index (Phi) is 8.21. The first-order chi connectivity index (χ1) is 19.0. The molecule has 0 aliphatic carbocycles. The van der Waals surface area contributed by atoms with Crippen molar-refractivity contribution >= 4 is 51.1 Å². The maximum absolute atomic E-state index is 12.6. The topological polar surface area (TPSA) is 137 Å². The summed E-state index contributed by atoms with van der Waals surface area (Å²) in [6.07, 6.45) is 1.21. The molecule has 13 heteroatoms. The van der Waals surface area contributed by atoms with Gasteiger partial charge in [-0.2, -0.15) is 0 Å². The van der Waals surface area contributed by atoms with Crippen LogP contribution in [-0.4, -0.2) is 106 Å². The van der Waals surface area contributed by atoms with Crippen LogP contribution in [0.15, 0.2) is 33.1 Å². The number of carboxylic acids is 1. The van der Waals surface area contributed by atoms with Gasteiger partial charge < -0.3 is 47.0 Å². The molecule has 4 fully saturated rings. The van der Waals surface area contributed by atoms with Gasteiger partial charge in [-0.05, 0) is 31.0 Å². The number of benzene rings is 1. The lowest BCUT2D eigenvalue weighted by Gasteiger charge is -2.55. The molecule has 7 rings (SSSR count). The number of carbonyl (C=O) groups excluding carboxylic acids is 3. The van der Waals surface area contributed by atoms with Gasteiger partial charge in [-0.1, -0.05) is 24.8 Å². The first-order valence-electron chi connectivity index (χ1n) is 14.0. The summed E-state index contributed by atoms with van der Waals surface area (Å²) in [4.78, 5) is 42.8. The first kappa shape index (κ1) is 30.2. The van der Waals surface area contributed by atoms with Crippen molar-refractivity contribution in [2.45, 2.75) is 43.2 Å². The third kappa shape index (κ3) is 5.27. The molecule has 4 saturated heterocycles. The van der Waals surface area contributed by atoms with Crippen LogP contribution in [0.5, 0.6) is 0 Å². The minimum atomic E-state index is -1.37. The molecule has 5 aliphatic heterocycles.